The average Bonchev–Trinajstić information content (AvgIpc) is 3.18. The van der Waals surface area contributed by atoms with E-state index in [4.69, 9.17) is 18.6 Å². The molecule has 2 aromatic carbocycles. The first-order valence-electron chi connectivity index (χ1n) is 7.94. The van der Waals surface area contributed by atoms with E-state index >= 15 is 0 Å². The first kappa shape index (κ1) is 17.5. The smallest absolute Gasteiger partial charge is 0.342 e. The SMILES string of the molecule is COc1ccc(-c2nnc([C@@H](C)OC(=O)c3ccccc3OC)o2)cc1. The van der Waals surface area contributed by atoms with Crippen molar-refractivity contribution in [3.63, 3.8) is 0 Å². The highest BCUT2D eigenvalue weighted by Crippen LogP contribution is 2.26. The van der Waals surface area contributed by atoms with Gasteiger partial charge in [0.15, 0.2) is 6.10 Å². The number of para-hydroxylation sites is 1. The van der Waals surface area contributed by atoms with Crippen LogP contribution in [0, 0.1) is 0 Å². The maximum absolute atomic E-state index is 12.3. The molecule has 0 aliphatic heterocycles. The normalized spacial score (nSPS) is 11.7. The fourth-order valence-corrected chi connectivity index (χ4v) is 2.34. The van der Waals surface area contributed by atoms with Crippen LogP contribution in [0.1, 0.15) is 29.3 Å². The van der Waals surface area contributed by atoms with Crippen LogP contribution >= 0.6 is 0 Å². The van der Waals surface area contributed by atoms with Crippen LogP contribution in [0.2, 0.25) is 0 Å². The van der Waals surface area contributed by atoms with E-state index in [0.29, 0.717) is 17.2 Å². The maximum Gasteiger partial charge on any atom is 0.342 e. The van der Waals surface area contributed by atoms with Gasteiger partial charge >= 0.3 is 5.97 Å². The molecule has 0 N–H and O–H groups in total. The number of carbonyl (C=O) groups is 1. The lowest BCUT2D eigenvalue weighted by molar-refractivity contribution is 0.0276. The lowest BCUT2D eigenvalue weighted by Gasteiger charge is -2.11. The van der Waals surface area contributed by atoms with E-state index in [1.165, 1.54) is 7.11 Å². The second-order valence-corrected chi connectivity index (χ2v) is 5.42. The summed E-state index contributed by atoms with van der Waals surface area (Å²) in [5, 5.41) is 7.97. The molecule has 0 radical (unpaired) electrons. The molecule has 7 nitrogen and oxygen atoms in total. The summed E-state index contributed by atoms with van der Waals surface area (Å²) in [5.74, 6) is 1.18. The van der Waals surface area contributed by atoms with Gasteiger partial charge in [0, 0.05) is 5.56 Å². The third-order valence-electron chi connectivity index (χ3n) is 3.74. The predicted octanol–water partition coefficient (Wildman–Crippen LogP) is 3.67. The highest BCUT2D eigenvalue weighted by molar-refractivity contribution is 5.92. The van der Waals surface area contributed by atoms with Crippen LogP contribution in [0.5, 0.6) is 11.5 Å². The van der Waals surface area contributed by atoms with Crippen molar-refractivity contribution in [1.82, 2.24) is 10.2 Å². The summed E-state index contributed by atoms with van der Waals surface area (Å²) in [4.78, 5) is 12.3. The standard InChI is InChI=1S/C19H18N2O5/c1-12(25-19(22)15-6-4-5-7-16(15)24-3)17-20-21-18(26-17)13-8-10-14(23-2)11-9-13/h4-12H,1-3H3/t12-/m1/s1. The molecule has 3 rings (SSSR count). The minimum atomic E-state index is -0.702. The van der Waals surface area contributed by atoms with Crippen molar-refractivity contribution in [3.05, 3.63) is 60.0 Å². The van der Waals surface area contributed by atoms with Gasteiger partial charge in [-0.05, 0) is 43.3 Å². The van der Waals surface area contributed by atoms with E-state index in [-0.39, 0.29) is 5.89 Å². The lowest BCUT2D eigenvalue weighted by Crippen LogP contribution is -2.10. The molecule has 0 aliphatic rings. The number of aromatic nitrogens is 2. The van der Waals surface area contributed by atoms with Crippen molar-refractivity contribution >= 4 is 5.97 Å². The van der Waals surface area contributed by atoms with Gasteiger partial charge in [0.05, 0.1) is 14.2 Å². The zero-order chi connectivity index (χ0) is 18.5. The van der Waals surface area contributed by atoms with Crippen LogP contribution in [0.15, 0.2) is 52.9 Å². The van der Waals surface area contributed by atoms with Gasteiger partial charge in [-0.15, -0.1) is 10.2 Å². The largest absolute Gasteiger partial charge is 0.497 e. The Hall–Kier alpha value is -3.35. The fourth-order valence-electron chi connectivity index (χ4n) is 2.34. The molecule has 0 fully saturated rings. The molecule has 26 heavy (non-hydrogen) atoms. The Labute approximate surface area is 150 Å². The van der Waals surface area contributed by atoms with Gasteiger partial charge in [-0.1, -0.05) is 12.1 Å². The summed E-state index contributed by atoms with van der Waals surface area (Å²) in [7, 11) is 3.09. The maximum atomic E-state index is 12.3. The van der Waals surface area contributed by atoms with Crippen molar-refractivity contribution in [2.24, 2.45) is 0 Å². The molecule has 1 aromatic heterocycles. The molecule has 3 aromatic rings. The highest BCUT2D eigenvalue weighted by atomic mass is 16.6. The summed E-state index contributed by atoms with van der Waals surface area (Å²) in [6.07, 6.45) is -0.702. The summed E-state index contributed by atoms with van der Waals surface area (Å²) < 4.78 is 21.3. The molecule has 0 amide bonds. The number of nitrogens with zero attached hydrogens (tertiary/aromatic N) is 2. The number of esters is 1. The summed E-state index contributed by atoms with van der Waals surface area (Å²) in [6.45, 7) is 1.67. The van der Waals surface area contributed by atoms with Crippen LogP contribution in [0.4, 0.5) is 0 Å². The first-order valence-corrected chi connectivity index (χ1v) is 7.94. The summed E-state index contributed by atoms with van der Waals surface area (Å²) >= 11 is 0. The van der Waals surface area contributed by atoms with E-state index in [1.807, 2.05) is 12.1 Å². The number of methoxy groups -OCH3 is 2. The van der Waals surface area contributed by atoms with Crippen molar-refractivity contribution in [1.29, 1.82) is 0 Å². The van der Waals surface area contributed by atoms with Crippen molar-refractivity contribution < 1.29 is 23.4 Å². The molecule has 7 heteroatoms. The minimum absolute atomic E-state index is 0.207. The molecule has 1 heterocycles. The number of benzene rings is 2. The van der Waals surface area contributed by atoms with E-state index in [2.05, 4.69) is 10.2 Å². The van der Waals surface area contributed by atoms with Gasteiger partial charge in [-0.25, -0.2) is 4.79 Å². The number of ether oxygens (including phenoxy) is 3. The van der Waals surface area contributed by atoms with Crippen LogP contribution in [0.3, 0.4) is 0 Å². The number of carbonyl (C=O) groups excluding carboxylic acids is 1. The Morgan fingerprint density at radius 2 is 1.73 bits per heavy atom. The van der Waals surface area contributed by atoms with E-state index < -0.39 is 12.1 Å². The Kier molecular flexibility index (Phi) is 5.17. The molecule has 0 unspecified atom stereocenters. The number of hydrogen-bond donors (Lipinski definition) is 0. The topological polar surface area (TPSA) is 83.7 Å². The zero-order valence-electron chi connectivity index (χ0n) is 14.6. The number of rotatable bonds is 6. The quantitative estimate of drug-likeness (QED) is 0.624. The summed E-state index contributed by atoms with van der Waals surface area (Å²) in [5.41, 5.74) is 1.07. The lowest BCUT2D eigenvalue weighted by atomic mass is 10.2. The Bertz CT molecular complexity index is 889. The van der Waals surface area contributed by atoms with Gasteiger partial charge < -0.3 is 18.6 Å². The number of hydrogen-bond acceptors (Lipinski definition) is 7. The fraction of sp³-hybridized carbons (Fsp3) is 0.211. The van der Waals surface area contributed by atoms with Crippen LogP contribution < -0.4 is 9.47 Å². The average molecular weight is 354 g/mol. The Morgan fingerprint density at radius 1 is 1.00 bits per heavy atom. The molecule has 0 aliphatic carbocycles. The van der Waals surface area contributed by atoms with E-state index in [0.717, 1.165) is 11.3 Å². The van der Waals surface area contributed by atoms with Crippen molar-refractivity contribution in [3.8, 4) is 23.0 Å². The van der Waals surface area contributed by atoms with Crippen LogP contribution in [-0.4, -0.2) is 30.4 Å². The highest BCUT2D eigenvalue weighted by Gasteiger charge is 2.21. The predicted molar refractivity (Wildman–Crippen MR) is 93.1 cm³/mol. The molecule has 0 saturated heterocycles. The summed E-state index contributed by atoms with van der Waals surface area (Å²) in [6, 6.07) is 14.0. The molecule has 0 saturated carbocycles. The Balaban J connectivity index is 1.73. The third-order valence-corrected chi connectivity index (χ3v) is 3.74. The van der Waals surface area contributed by atoms with Crippen LogP contribution in [-0.2, 0) is 4.74 Å². The van der Waals surface area contributed by atoms with Gasteiger partial charge in [0.1, 0.15) is 17.1 Å². The monoisotopic (exact) mass is 354 g/mol. The Morgan fingerprint density at radius 3 is 2.42 bits per heavy atom. The van der Waals surface area contributed by atoms with Crippen molar-refractivity contribution in [2.45, 2.75) is 13.0 Å². The van der Waals surface area contributed by atoms with Crippen LogP contribution in [0.25, 0.3) is 11.5 Å². The zero-order valence-corrected chi connectivity index (χ0v) is 14.6. The van der Waals surface area contributed by atoms with Gasteiger partial charge in [-0.2, -0.15) is 0 Å². The van der Waals surface area contributed by atoms with Gasteiger partial charge in [0.2, 0.25) is 5.89 Å². The molecule has 1 atom stereocenters. The molecular weight excluding hydrogens is 336 g/mol. The third kappa shape index (κ3) is 3.66. The van der Waals surface area contributed by atoms with E-state index in [9.17, 15) is 4.79 Å². The molecule has 0 bridgehead atoms. The first-order chi connectivity index (χ1) is 12.6. The van der Waals surface area contributed by atoms with Gasteiger partial charge in [-0.3, -0.25) is 0 Å². The molecule has 134 valence electrons. The van der Waals surface area contributed by atoms with E-state index in [1.54, 1.807) is 50.4 Å². The second kappa shape index (κ2) is 7.69. The molecule has 0 spiro atoms. The molecular formula is C19H18N2O5. The van der Waals surface area contributed by atoms with Crippen molar-refractivity contribution in [2.75, 3.05) is 14.2 Å². The second-order valence-electron chi connectivity index (χ2n) is 5.42. The minimum Gasteiger partial charge on any atom is -0.497 e. The van der Waals surface area contributed by atoms with Gasteiger partial charge in [0.25, 0.3) is 5.89 Å².